The number of hydrogen-bond acceptors (Lipinski definition) is 4. The minimum atomic E-state index is -4.94. The number of halogens is 6. The van der Waals surface area contributed by atoms with Gasteiger partial charge in [0.25, 0.3) is 0 Å². The molecule has 0 amide bonds. The van der Waals surface area contributed by atoms with Crippen LogP contribution in [0.25, 0.3) is 0 Å². The van der Waals surface area contributed by atoms with Crippen molar-refractivity contribution in [2.75, 3.05) is 20.3 Å². The smallest absolute Gasteiger partial charge is 0.416 e. The highest BCUT2D eigenvalue weighted by molar-refractivity contribution is 5.73. The minimum absolute atomic E-state index is 0.0684. The van der Waals surface area contributed by atoms with Gasteiger partial charge in [-0.25, -0.2) is 0 Å². The van der Waals surface area contributed by atoms with Gasteiger partial charge in [0.2, 0.25) is 0 Å². The molecule has 186 valence electrons. The monoisotopic (exact) mass is 489 g/mol. The molecule has 1 aliphatic rings. The van der Waals surface area contributed by atoms with Gasteiger partial charge in [-0.2, -0.15) is 26.3 Å². The highest BCUT2D eigenvalue weighted by Gasteiger charge is 2.39. The van der Waals surface area contributed by atoms with Crippen LogP contribution >= 0.6 is 0 Å². The summed E-state index contributed by atoms with van der Waals surface area (Å²) < 4.78 is 89.1. The fraction of sp³-hybridized carbons (Fsp3) is 0.458. The summed E-state index contributed by atoms with van der Waals surface area (Å²) in [5, 5.41) is 3.39. The highest BCUT2D eigenvalue weighted by Crippen LogP contribution is 2.38. The zero-order chi connectivity index (χ0) is 24.9. The molecule has 0 bridgehead atoms. The van der Waals surface area contributed by atoms with Crippen molar-refractivity contribution >= 4 is 5.97 Å². The molecule has 0 aromatic heterocycles. The Kier molecular flexibility index (Phi) is 8.25. The van der Waals surface area contributed by atoms with Crippen LogP contribution in [-0.4, -0.2) is 26.2 Å². The van der Waals surface area contributed by atoms with Crippen molar-refractivity contribution in [3.63, 3.8) is 0 Å². The molecule has 3 rings (SSSR count). The maximum Gasteiger partial charge on any atom is 0.416 e. The molecule has 0 saturated carbocycles. The van der Waals surface area contributed by atoms with Gasteiger partial charge in [-0.3, -0.25) is 4.79 Å². The first-order valence-corrected chi connectivity index (χ1v) is 10.7. The van der Waals surface area contributed by atoms with E-state index >= 15 is 0 Å². The molecule has 4 nitrogen and oxygen atoms in total. The van der Waals surface area contributed by atoms with Crippen LogP contribution in [0, 0.1) is 11.8 Å². The van der Waals surface area contributed by atoms with E-state index in [2.05, 4.69) is 5.32 Å². The number of ether oxygens (including phenoxy) is 2. The number of hydrogen-bond donors (Lipinski definition) is 1. The molecule has 1 aliphatic heterocycles. The highest BCUT2D eigenvalue weighted by atomic mass is 19.4. The Hall–Kier alpha value is -2.59. The van der Waals surface area contributed by atoms with Crippen LogP contribution in [0.1, 0.15) is 41.1 Å². The normalized spacial score (nSPS) is 20.1. The standard InChI is InChI=1S/C24H25F6NO3/c1-33-22(32)20(19-8-5-9-31-21(19)16-6-3-2-4-7-16)14-34-13-15-10-17(23(25,26)27)12-18(11-15)24(28,29)30/h2-4,6-7,10-12,19-21,31H,5,8-9,13-14H2,1H3/t19-,20?,21+/m0/s1. The van der Waals surface area contributed by atoms with E-state index in [-0.39, 0.29) is 30.2 Å². The van der Waals surface area contributed by atoms with Gasteiger partial charge in [-0.1, -0.05) is 30.3 Å². The minimum Gasteiger partial charge on any atom is -0.469 e. The van der Waals surface area contributed by atoms with Gasteiger partial charge in [0.05, 0.1) is 37.4 Å². The Morgan fingerprint density at radius 2 is 1.65 bits per heavy atom. The van der Waals surface area contributed by atoms with Crippen LogP contribution in [0.5, 0.6) is 0 Å². The predicted octanol–water partition coefficient (Wildman–Crippen LogP) is 5.77. The van der Waals surface area contributed by atoms with Crippen molar-refractivity contribution in [1.82, 2.24) is 5.32 Å². The maximum atomic E-state index is 13.1. The summed E-state index contributed by atoms with van der Waals surface area (Å²) in [6.45, 7) is 0.0197. The molecular weight excluding hydrogens is 464 g/mol. The van der Waals surface area contributed by atoms with E-state index in [0.717, 1.165) is 18.5 Å². The van der Waals surface area contributed by atoms with Gasteiger partial charge in [-0.05, 0) is 54.6 Å². The molecule has 2 aromatic carbocycles. The molecule has 3 atom stereocenters. The van der Waals surface area contributed by atoms with Gasteiger partial charge < -0.3 is 14.8 Å². The molecule has 0 aliphatic carbocycles. The summed E-state index contributed by atoms with van der Waals surface area (Å²) in [5.74, 6) is -1.53. The van der Waals surface area contributed by atoms with Gasteiger partial charge in [-0.15, -0.1) is 0 Å². The summed E-state index contributed by atoms with van der Waals surface area (Å²) in [6, 6.07) is 10.6. The topological polar surface area (TPSA) is 47.6 Å². The molecule has 1 saturated heterocycles. The molecule has 0 spiro atoms. The zero-order valence-corrected chi connectivity index (χ0v) is 18.4. The van der Waals surface area contributed by atoms with E-state index in [1.165, 1.54) is 7.11 Å². The largest absolute Gasteiger partial charge is 0.469 e. The lowest BCUT2D eigenvalue weighted by atomic mass is 9.78. The second-order valence-electron chi connectivity index (χ2n) is 8.21. The Bertz CT molecular complexity index is 929. The number of piperidine rings is 1. The van der Waals surface area contributed by atoms with Crippen molar-refractivity contribution in [2.45, 2.75) is 37.8 Å². The number of carbonyl (C=O) groups is 1. The molecular formula is C24H25F6NO3. The third kappa shape index (κ3) is 6.50. The molecule has 1 heterocycles. The van der Waals surface area contributed by atoms with Crippen molar-refractivity contribution in [3.05, 3.63) is 70.8 Å². The van der Waals surface area contributed by atoms with Crippen molar-refractivity contribution in [2.24, 2.45) is 11.8 Å². The van der Waals surface area contributed by atoms with Crippen LogP contribution in [0.15, 0.2) is 48.5 Å². The molecule has 1 N–H and O–H groups in total. The van der Waals surface area contributed by atoms with Crippen LogP contribution < -0.4 is 5.32 Å². The number of nitrogens with one attached hydrogen (secondary N) is 1. The summed E-state index contributed by atoms with van der Waals surface area (Å²) in [5.41, 5.74) is -2.14. The maximum absolute atomic E-state index is 13.1. The van der Waals surface area contributed by atoms with Crippen LogP contribution in [0.3, 0.4) is 0 Å². The first kappa shape index (κ1) is 26.0. The fourth-order valence-corrected chi connectivity index (χ4v) is 4.30. The number of carbonyl (C=O) groups excluding carboxylic acids is 1. The molecule has 1 fully saturated rings. The summed E-state index contributed by atoms with van der Waals surface area (Å²) in [7, 11) is 1.23. The van der Waals surface area contributed by atoms with E-state index in [0.29, 0.717) is 18.6 Å². The van der Waals surface area contributed by atoms with E-state index < -0.39 is 42.0 Å². The lowest BCUT2D eigenvalue weighted by Crippen LogP contribution is -2.42. The van der Waals surface area contributed by atoms with Crippen molar-refractivity contribution in [1.29, 1.82) is 0 Å². The lowest BCUT2D eigenvalue weighted by Gasteiger charge is -2.37. The van der Waals surface area contributed by atoms with Crippen LogP contribution in [0.4, 0.5) is 26.3 Å². The molecule has 34 heavy (non-hydrogen) atoms. The number of esters is 1. The second-order valence-corrected chi connectivity index (χ2v) is 8.21. The SMILES string of the molecule is COC(=O)C(COCc1cc(C(F)(F)F)cc(C(F)(F)F)c1)[C@@H]1CCCN[C@@H]1c1ccccc1. The van der Waals surface area contributed by atoms with E-state index in [9.17, 15) is 31.1 Å². The number of alkyl halides is 6. The molecule has 1 unspecified atom stereocenters. The Morgan fingerprint density at radius 1 is 1.03 bits per heavy atom. The molecule has 0 radical (unpaired) electrons. The fourth-order valence-electron chi connectivity index (χ4n) is 4.30. The average Bonchev–Trinajstić information content (AvgIpc) is 2.81. The Morgan fingerprint density at radius 3 is 2.21 bits per heavy atom. The summed E-state index contributed by atoms with van der Waals surface area (Å²) >= 11 is 0. The van der Waals surface area contributed by atoms with Crippen LogP contribution in [-0.2, 0) is 33.2 Å². The average molecular weight is 489 g/mol. The Labute approximate surface area is 193 Å². The first-order chi connectivity index (χ1) is 16.0. The summed E-state index contributed by atoms with van der Waals surface area (Å²) in [6.07, 6.45) is -8.41. The number of methoxy groups -OCH3 is 1. The first-order valence-electron chi connectivity index (χ1n) is 10.7. The van der Waals surface area contributed by atoms with Gasteiger partial charge >= 0.3 is 18.3 Å². The quantitative estimate of drug-likeness (QED) is 0.396. The molecule has 2 aromatic rings. The second kappa shape index (κ2) is 10.8. The third-order valence-corrected chi connectivity index (χ3v) is 5.90. The van der Waals surface area contributed by atoms with E-state index in [1.807, 2.05) is 30.3 Å². The number of benzene rings is 2. The Balaban J connectivity index is 1.79. The van der Waals surface area contributed by atoms with Gasteiger partial charge in [0.1, 0.15) is 0 Å². The van der Waals surface area contributed by atoms with E-state index in [1.54, 1.807) is 0 Å². The van der Waals surface area contributed by atoms with Gasteiger partial charge in [0.15, 0.2) is 0 Å². The van der Waals surface area contributed by atoms with Gasteiger partial charge in [0, 0.05) is 6.04 Å². The summed E-state index contributed by atoms with van der Waals surface area (Å²) in [4.78, 5) is 12.6. The molecule has 10 heteroatoms. The lowest BCUT2D eigenvalue weighted by molar-refractivity contribution is -0.151. The number of rotatable bonds is 7. The third-order valence-electron chi connectivity index (χ3n) is 5.90. The van der Waals surface area contributed by atoms with Crippen molar-refractivity contribution < 1.29 is 40.6 Å². The predicted molar refractivity (Wildman–Crippen MR) is 112 cm³/mol. The van der Waals surface area contributed by atoms with Crippen LogP contribution in [0.2, 0.25) is 0 Å². The van der Waals surface area contributed by atoms with Crippen molar-refractivity contribution in [3.8, 4) is 0 Å². The van der Waals surface area contributed by atoms with E-state index in [4.69, 9.17) is 9.47 Å². The zero-order valence-electron chi connectivity index (χ0n) is 18.4.